The van der Waals surface area contributed by atoms with E-state index in [1.54, 1.807) is 0 Å². The van der Waals surface area contributed by atoms with Crippen molar-refractivity contribution in [2.45, 2.75) is 77.0 Å². The summed E-state index contributed by atoms with van der Waals surface area (Å²) in [6.45, 7) is 2.04. The lowest BCUT2D eigenvalue weighted by Gasteiger charge is -2.41. The molecular weight excluding hydrogens is 350 g/mol. The quantitative estimate of drug-likeness (QED) is 0.385. The van der Waals surface area contributed by atoms with Crippen LogP contribution < -0.4 is 0 Å². The van der Waals surface area contributed by atoms with E-state index in [-0.39, 0.29) is 0 Å². The summed E-state index contributed by atoms with van der Waals surface area (Å²) < 4.78 is 0. The van der Waals surface area contributed by atoms with Gasteiger partial charge in [0.2, 0.25) is 5.91 Å². The fourth-order valence-electron chi connectivity index (χ4n) is 4.81. The number of hydrogen-bond acceptors (Lipinski definition) is 2. The second kappa shape index (κ2) is 10.9. The Morgan fingerprint density at radius 3 is 2.48 bits per heavy atom. The highest BCUT2D eigenvalue weighted by Crippen LogP contribution is 2.36. The number of benzene rings is 1. The van der Waals surface area contributed by atoms with E-state index in [4.69, 9.17) is 12.2 Å². The molecular formula is C24H35NOS. The Balaban J connectivity index is 1.24. The van der Waals surface area contributed by atoms with E-state index in [1.807, 2.05) is 0 Å². The molecule has 0 aromatic heterocycles. The first-order valence-corrected chi connectivity index (χ1v) is 11.5. The number of aryl methyl sites for hydroxylation is 1. The van der Waals surface area contributed by atoms with Gasteiger partial charge in [0, 0.05) is 19.5 Å². The molecule has 1 amide bonds. The van der Waals surface area contributed by atoms with Gasteiger partial charge in [-0.15, -0.1) is 0 Å². The zero-order valence-corrected chi connectivity index (χ0v) is 17.5. The number of thiocarbonyl (C=S) groups is 1. The molecule has 27 heavy (non-hydrogen) atoms. The molecule has 3 heteroatoms. The number of hydrogen-bond donors (Lipinski definition) is 0. The fraction of sp³-hybridized carbons (Fsp3) is 0.667. The molecule has 1 saturated heterocycles. The fourth-order valence-corrected chi connectivity index (χ4v) is 5.06. The van der Waals surface area contributed by atoms with Crippen LogP contribution in [-0.2, 0) is 11.2 Å². The topological polar surface area (TPSA) is 20.3 Å². The first-order valence-electron chi connectivity index (χ1n) is 11.1. The van der Waals surface area contributed by atoms with Gasteiger partial charge in [-0.3, -0.25) is 4.79 Å². The Kier molecular flexibility index (Phi) is 8.32. The number of unbranched alkanes of at least 4 members (excludes halogenated alkanes) is 2. The van der Waals surface area contributed by atoms with E-state index in [0.29, 0.717) is 5.91 Å². The van der Waals surface area contributed by atoms with Gasteiger partial charge in [0.25, 0.3) is 0 Å². The maximum absolute atomic E-state index is 12.5. The highest BCUT2D eigenvalue weighted by molar-refractivity contribution is 7.80. The SMILES string of the molecule is O=C(CCCCCC(=S)CCc1ccccc1)N1CCC2CCCCC2C1. The van der Waals surface area contributed by atoms with E-state index in [9.17, 15) is 4.79 Å². The van der Waals surface area contributed by atoms with Crippen molar-refractivity contribution < 1.29 is 4.79 Å². The van der Waals surface area contributed by atoms with Crippen LogP contribution >= 0.6 is 12.2 Å². The number of piperidine rings is 1. The van der Waals surface area contributed by atoms with E-state index >= 15 is 0 Å². The van der Waals surface area contributed by atoms with Gasteiger partial charge in [0.1, 0.15) is 0 Å². The lowest BCUT2D eigenvalue weighted by Crippen LogP contribution is -2.44. The first kappa shape index (κ1) is 20.5. The third kappa shape index (κ3) is 6.71. The molecule has 2 atom stereocenters. The summed E-state index contributed by atoms with van der Waals surface area (Å²) in [4.78, 5) is 15.9. The zero-order valence-electron chi connectivity index (χ0n) is 16.7. The maximum Gasteiger partial charge on any atom is 0.222 e. The smallest absolute Gasteiger partial charge is 0.222 e. The lowest BCUT2D eigenvalue weighted by molar-refractivity contribution is -0.134. The second-order valence-corrected chi connectivity index (χ2v) is 9.10. The standard InChI is InChI=1S/C24H35NOS/c26-24(25-18-17-21-11-7-8-12-22(21)19-25)14-6-2-5-13-23(27)16-15-20-9-3-1-4-10-20/h1,3-4,9-10,21-22H,2,5-8,11-19H2. The molecule has 3 rings (SSSR count). The summed E-state index contributed by atoms with van der Waals surface area (Å²) in [5, 5.41) is 0. The van der Waals surface area contributed by atoms with E-state index < -0.39 is 0 Å². The minimum Gasteiger partial charge on any atom is -0.342 e. The Bertz CT molecular complexity index is 600. The van der Waals surface area contributed by atoms with Gasteiger partial charge in [-0.25, -0.2) is 0 Å². The van der Waals surface area contributed by atoms with Gasteiger partial charge in [-0.05, 0) is 67.2 Å². The van der Waals surface area contributed by atoms with E-state index in [1.165, 1.54) is 42.5 Å². The van der Waals surface area contributed by atoms with Crippen LogP contribution in [0.4, 0.5) is 0 Å². The molecule has 2 nitrogen and oxygen atoms in total. The van der Waals surface area contributed by atoms with Crippen LogP contribution in [0.25, 0.3) is 0 Å². The first-order chi connectivity index (χ1) is 13.2. The second-order valence-electron chi connectivity index (χ2n) is 8.52. The average molecular weight is 386 g/mol. The normalized spacial score (nSPS) is 22.3. The van der Waals surface area contributed by atoms with Gasteiger partial charge in [0.05, 0.1) is 0 Å². The minimum absolute atomic E-state index is 0.394. The highest BCUT2D eigenvalue weighted by Gasteiger charge is 2.32. The van der Waals surface area contributed by atoms with Crippen LogP contribution in [0.2, 0.25) is 0 Å². The molecule has 0 N–H and O–H groups in total. The Morgan fingerprint density at radius 1 is 0.926 bits per heavy atom. The number of amides is 1. The summed E-state index contributed by atoms with van der Waals surface area (Å²) in [7, 11) is 0. The Hall–Kier alpha value is -1.22. The average Bonchev–Trinajstić information content (AvgIpc) is 2.72. The molecule has 1 aromatic carbocycles. The third-order valence-corrected chi connectivity index (χ3v) is 6.93. The highest BCUT2D eigenvalue weighted by atomic mass is 32.1. The summed E-state index contributed by atoms with van der Waals surface area (Å²) in [6.07, 6.45) is 13.9. The molecule has 0 bridgehead atoms. The molecule has 1 heterocycles. The molecule has 0 radical (unpaired) electrons. The van der Waals surface area contributed by atoms with Gasteiger partial charge in [-0.1, -0.05) is 68.2 Å². The number of rotatable bonds is 9. The van der Waals surface area contributed by atoms with Crippen molar-refractivity contribution in [1.82, 2.24) is 4.90 Å². The molecule has 2 aliphatic rings. The summed E-state index contributed by atoms with van der Waals surface area (Å²) >= 11 is 5.54. The van der Waals surface area contributed by atoms with Gasteiger partial charge in [0.15, 0.2) is 0 Å². The summed E-state index contributed by atoms with van der Waals surface area (Å²) in [5.74, 6) is 2.09. The predicted octanol–water partition coefficient (Wildman–Crippen LogP) is 5.98. The van der Waals surface area contributed by atoms with Crippen molar-refractivity contribution >= 4 is 23.0 Å². The van der Waals surface area contributed by atoms with Crippen LogP contribution in [0.5, 0.6) is 0 Å². The molecule has 1 aliphatic carbocycles. The third-order valence-electron chi connectivity index (χ3n) is 6.53. The molecule has 1 aromatic rings. The zero-order chi connectivity index (χ0) is 18.9. The van der Waals surface area contributed by atoms with Crippen LogP contribution in [0, 0.1) is 11.8 Å². The van der Waals surface area contributed by atoms with Crippen LogP contribution in [-0.4, -0.2) is 28.8 Å². The molecule has 148 valence electrons. The summed E-state index contributed by atoms with van der Waals surface area (Å²) in [6, 6.07) is 10.6. The van der Waals surface area contributed by atoms with Crippen molar-refractivity contribution in [2.75, 3.05) is 13.1 Å². The van der Waals surface area contributed by atoms with Crippen molar-refractivity contribution in [2.24, 2.45) is 11.8 Å². The van der Waals surface area contributed by atoms with Crippen molar-refractivity contribution in [1.29, 1.82) is 0 Å². The Labute approximate surface area is 170 Å². The van der Waals surface area contributed by atoms with Gasteiger partial charge >= 0.3 is 0 Å². The molecule has 1 saturated carbocycles. The largest absolute Gasteiger partial charge is 0.342 e. The number of likely N-dealkylation sites (tertiary alicyclic amines) is 1. The molecule has 2 fully saturated rings. The lowest BCUT2D eigenvalue weighted by atomic mass is 9.75. The minimum atomic E-state index is 0.394. The van der Waals surface area contributed by atoms with E-state index in [2.05, 4.69) is 35.2 Å². The number of nitrogens with zero attached hydrogens (tertiary/aromatic N) is 1. The number of carbonyl (C=O) groups excluding carboxylic acids is 1. The van der Waals surface area contributed by atoms with Gasteiger partial charge in [-0.2, -0.15) is 0 Å². The van der Waals surface area contributed by atoms with Crippen molar-refractivity contribution in [3.05, 3.63) is 35.9 Å². The van der Waals surface area contributed by atoms with Crippen molar-refractivity contribution in [3.63, 3.8) is 0 Å². The monoisotopic (exact) mass is 385 g/mol. The molecule has 0 spiro atoms. The molecule has 2 unspecified atom stereocenters. The number of fused-ring (bicyclic) bond motifs is 1. The summed E-state index contributed by atoms with van der Waals surface area (Å²) in [5.41, 5.74) is 1.37. The van der Waals surface area contributed by atoms with Crippen LogP contribution in [0.3, 0.4) is 0 Å². The van der Waals surface area contributed by atoms with Crippen LogP contribution in [0.15, 0.2) is 30.3 Å². The molecule has 1 aliphatic heterocycles. The van der Waals surface area contributed by atoms with E-state index in [0.717, 1.165) is 69.9 Å². The Morgan fingerprint density at radius 2 is 1.67 bits per heavy atom. The number of carbonyl (C=O) groups is 1. The maximum atomic E-state index is 12.5. The predicted molar refractivity (Wildman–Crippen MR) is 117 cm³/mol. The van der Waals surface area contributed by atoms with Crippen molar-refractivity contribution in [3.8, 4) is 0 Å². The van der Waals surface area contributed by atoms with Crippen LogP contribution in [0.1, 0.15) is 76.2 Å². The van der Waals surface area contributed by atoms with Gasteiger partial charge < -0.3 is 4.90 Å².